The van der Waals surface area contributed by atoms with E-state index in [1.54, 1.807) is 0 Å². The van der Waals surface area contributed by atoms with Gasteiger partial charge >= 0.3 is 0 Å². The molecule has 1 aliphatic rings. The molecule has 1 heterocycles. The van der Waals surface area contributed by atoms with Crippen LogP contribution in [-0.4, -0.2) is 34.1 Å². The normalized spacial score (nSPS) is 15.9. The van der Waals surface area contributed by atoms with Gasteiger partial charge in [-0.3, -0.25) is 9.59 Å². The number of hydrogen-bond acceptors (Lipinski definition) is 4. The van der Waals surface area contributed by atoms with Crippen LogP contribution >= 0.6 is 11.8 Å². The van der Waals surface area contributed by atoms with E-state index in [1.807, 2.05) is 37.3 Å². The number of aryl methyl sites for hydroxylation is 2. The van der Waals surface area contributed by atoms with Crippen molar-refractivity contribution in [3.8, 4) is 0 Å². The molecule has 0 unspecified atom stereocenters. The van der Waals surface area contributed by atoms with E-state index in [-0.39, 0.29) is 17.5 Å². The van der Waals surface area contributed by atoms with E-state index >= 15 is 0 Å². The summed E-state index contributed by atoms with van der Waals surface area (Å²) in [4.78, 5) is 33.8. The fourth-order valence-corrected chi connectivity index (χ4v) is 3.92. The number of rotatable bonds is 5. The van der Waals surface area contributed by atoms with Gasteiger partial charge in [0.1, 0.15) is 0 Å². The molecule has 0 saturated carbocycles. The fourth-order valence-electron chi connectivity index (χ4n) is 3.49. The van der Waals surface area contributed by atoms with Crippen LogP contribution in [0, 0.1) is 6.92 Å². The third kappa shape index (κ3) is 3.63. The Bertz CT molecular complexity index is 847. The standard InChI is InChI=1S/C19H23N3O2S/c1-12-14(18(24)21-19(20-12)25-3)9-11-17(23)22(2)16-10-8-13-6-4-5-7-15(13)16/h4-7,16H,8-11H2,1-3H3,(H,20,21,24)/t16-/m1/s1. The quantitative estimate of drug-likeness (QED) is 0.660. The molecule has 2 aromatic rings. The average molecular weight is 357 g/mol. The number of thioether (sulfide) groups is 1. The van der Waals surface area contributed by atoms with Crippen molar-refractivity contribution in [3.05, 3.63) is 57.0 Å². The molecule has 0 fully saturated rings. The molecule has 0 aliphatic heterocycles. The van der Waals surface area contributed by atoms with Crippen LogP contribution in [0.2, 0.25) is 0 Å². The molecule has 1 aromatic heterocycles. The summed E-state index contributed by atoms with van der Waals surface area (Å²) in [5, 5.41) is 0.609. The van der Waals surface area contributed by atoms with E-state index in [0.29, 0.717) is 29.3 Å². The molecule has 0 radical (unpaired) electrons. The second-order valence-corrected chi connectivity index (χ2v) is 7.19. The van der Waals surface area contributed by atoms with E-state index in [2.05, 4.69) is 22.1 Å². The summed E-state index contributed by atoms with van der Waals surface area (Å²) < 4.78 is 0. The van der Waals surface area contributed by atoms with Crippen molar-refractivity contribution in [1.82, 2.24) is 14.9 Å². The molecule has 0 bridgehead atoms. The Morgan fingerprint density at radius 2 is 2.16 bits per heavy atom. The molecule has 1 aromatic carbocycles. The number of hydrogen-bond donors (Lipinski definition) is 1. The zero-order valence-corrected chi connectivity index (χ0v) is 15.7. The predicted molar refractivity (Wildman–Crippen MR) is 100.0 cm³/mol. The molecule has 132 valence electrons. The van der Waals surface area contributed by atoms with Gasteiger partial charge in [0.2, 0.25) is 5.91 Å². The number of carbonyl (C=O) groups excluding carboxylic acids is 1. The van der Waals surface area contributed by atoms with Crippen molar-refractivity contribution in [2.45, 2.75) is 43.8 Å². The SMILES string of the molecule is CSc1nc(C)c(CCC(=O)N(C)[C@@H]2CCc3ccccc32)c(=O)[nH]1. The van der Waals surface area contributed by atoms with Crippen LogP contribution in [0.25, 0.3) is 0 Å². The molecular formula is C19H23N3O2S. The van der Waals surface area contributed by atoms with Gasteiger partial charge in [-0.15, -0.1) is 0 Å². The van der Waals surface area contributed by atoms with Crippen LogP contribution < -0.4 is 5.56 Å². The minimum atomic E-state index is -0.140. The van der Waals surface area contributed by atoms with Crippen molar-refractivity contribution in [1.29, 1.82) is 0 Å². The van der Waals surface area contributed by atoms with Crippen LogP contribution in [0.15, 0.2) is 34.2 Å². The monoisotopic (exact) mass is 357 g/mol. The van der Waals surface area contributed by atoms with Crippen molar-refractivity contribution >= 4 is 17.7 Å². The van der Waals surface area contributed by atoms with Crippen LogP contribution in [0.1, 0.15) is 41.3 Å². The molecule has 1 aliphatic carbocycles. The Labute approximate surface area is 151 Å². The number of aromatic nitrogens is 2. The first-order valence-electron chi connectivity index (χ1n) is 8.48. The summed E-state index contributed by atoms with van der Waals surface area (Å²) in [6.07, 6.45) is 4.58. The van der Waals surface area contributed by atoms with Crippen molar-refractivity contribution < 1.29 is 4.79 Å². The second kappa shape index (κ2) is 7.44. The summed E-state index contributed by atoms with van der Waals surface area (Å²) in [5.41, 5.74) is 3.74. The number of nitrogens with zero attached hydrogens (tertiary/aromatic N) is 2. The van der Waals surface area contributed by atoms with E-state index in [9.17, 15) is 9.59 Å². The van der Waals surface area contributed by atoms with Gasteiger partial charge in [-0.2, -0.15) is 0 Å². The lowest BCUT2D eigenvalue weighted by Crippen LogP contribution is -2.31. The summed E-state index contributed by atoms with van der Waals surface area (Å²) in [5.74, 6) is 0.0643. The molecule has 1 amide bonds. The Hall–Kier alpha value is -2.08. The zero-order chi connectivity index (χ0) is 18.0. The first-order chi connectivity index (χ1) is 12.0. The fraction of sp³-hybridized carbons (Fsp3) is 0.421. The Balaban J connectivity index is 1.69. The molecule has 6 heteroatoms. The van der Waals surface area contributed by atoms with E-state index in [4.69, 9.17) is 0 Å². The smallest absolute Gasteiger partial charge is 0.254 e. The van der Waals surface area contributed by atoms with Gasteiger partial charge in [0, 0.05) is 24.7 Å². The predicted octanol–water partition coefficient (Wildman–Crippen LogP) is 2.88. The molecule has 5 nitrogen and oxygen atoms in total. The number of nitrogens with one attached hydrogen (secondary N) is 1. The lowest BCUT2D eigenvalue weighted by molar-refractivity contribution is -0.132. The third-order valence-electron chi connectivity index (χ3n) is 4.94. The van der Waals surface area contributed by atoms with Crippen LogP contribution in [0.4, 0.5) is 0 Å². The minimum absolute atomic E-state index is 0.0643. The average Bonchev–Trinajstić information content (AvgIpc) is 3.04. The maximum Gasteiger partial charge on any atom is 0.254 e. The Morgan fingerprint density at radius 1 is 1.40 bits per heavy atom. The number of carbonyl (C=O) groups is 1. The lowest BCUT2D eigenvalue weighted by atomic mass is 10.1. The highest BCUT2D eigenvalue weighted by Crippen LogP contribution is 2.35. The Kier molecular flexibility index (Phi) is 5.27. The third-order valence-corrected chi connectivity index (χ3v) is 5.52. The molecule has 0 saturated heterocycles. The van der Waals surface area contributed by atoms with Gasteiger partial charge in [0.05, 0.1) is 6.04 Å². The number of benzene rings is 1. The zero-order valence-electron chi connectivity index (χ0n) is 14.8. The van der Waals surface area contributed by atoms with E-state index in [0.717, 1.165) is 12.8 Å². The molecular weight excluding hydrogens is 334 g/mol. The summed E-state index contributed by atoms with van der Waals surface area (Å²) >= 11 is 1.40. The molecule has 3 rings (SSSR count). The van der Waals surface area contributed by atoms with Crippen molar-refractivity contribution in [2.75, 3.05) is 13.3 Å². The van der Waals surface area contributed by atoms with Gasteiger partial charge in [-0.1, -0.05) is 36.0 Å². The molecule has 1 atom stereocenters. The lowest BCUT2D eigenvalue weighted by Gasteiger charge is -2.25. The maximum absolute atomic E-state index is 12.6. The highest BCUT2D eigenvalue weighted by molar-refractivity contribution is 7.98. The van der Waals surface area contributed by atoms with Crippen LogP contribution in [0.5, 0.6) is 0 Å². The molecule has 25 heavy (non-hydrogen) atoms. The number of aromatic amines is 1. The van der Waals surface area contributed by atoms with E-state index in [1.165, 1.54) is 22.9 Å². The largest absolute Gasteiger partial charge is 0.339 e. The van der Waals surface area contributed by atoms with Crippen LogP contribution in [-0.2, 0) is 17.6 Å². The van der Waals surface area contributed by atoms with Gasteiger partial charge in [-0.05, 0) is 43.6 Å². The maximum atomic E-state index is 12.6. The summed E-state index contributed by atoms with van der Waals surface area (Å²) in [6.45, 7) is 1.83. The number of H-pyrrole nitrogens is 1. The summed E-state index contributed by atoms with van der Waals surface area (Å²) in [7, 11) is 1.86. The van der Waals surface area contributed by atoms with E-state index < -0.39 is 0 Å². The summed E-state index contributed by atoms with van der Waals surface area (Å²) in [6, 6.07) is 8.45. The van der Waals surface area contributed by atoms with Crippen molar-refractivity contribution in [2.24, 2.45) is 0 Å². The highest BCUT2D eigenvalue weighted by Gasteiger charge is 2.28. The number of fused-ring (bicyclic) bond motifs is 1. The highest BCUT2D eigenvalue weighted by atomic mass is 32.2. The van der Waals surface area contributed by atoms with Crippen molar-refractivity contribution in [3.63, 3.8) is 0 Å². The molecule has 1 N–H and O–H groups in total. The first-order valence-corrected chi connectivity index (χ1v) is 9.71. The number of amides is 1. The van der Waals surface area contributed by atoms with Gasteiger partial charge in [-0.25, -0.2) is 4.98 Å². The first kappa shape index (κ1) is 17.7. The van der Waals surface area contributed by atoms with Gasteiger partial charge in [0.25, 0.3) is 5.56 Å². The van der Waals surface area contributed by atoms with Gasteiger partial charge < -0.3 is 9.88 Å². The van der Waals surface area contributed by atoms with Crippen LogP contribution in [0.3, 0.4) is 0 Å². The Morgan fingerprint density at radius 3 is 2.88 bits per heavy atom. The second-order valence-electron chi connectivity index (χ2n) is 6.40. The van der Waals surface area contributed by atoms with Gasteiger partial charge in [0.15, 0.2) is 5.16 Å². The molecule has 0 spiro atoms. The topological polar surface area (TPSA) is 66.1 Å². The minimum Gasteiger partial charge on any atom is -0.339 e.